The molecule has 1 N–H and O–H groups in total. The SMILES string of the molecule is Cc1ccccc1C(CC(=O)NCCc1ccccc1)c1cnc2c(OCc3ccccc3)cccn12. The topological polar surface area (TPSA) is 55.6 Å². The molecular weight excluding hydrogens is 458 g/mol. The van der Waals surface area contributed by atoms with Crippen molar-refractivity contribution < 1.29 is 9.53 Å². The van der Waals surface area contributed by atoms with Crippen LogP contribution < -0.4 is 10.1 Å². The molecule has 0 fully saturated rings. The molecular formula is C32H31N3O2. The van der Waals surface area contributed by atoms with Gasteiger partial charge < -0.3 is 14.5 Å². The number of imidazole rings is 1. The second-order valence-electron chi connectivity index (χ2n) is 9.22. The van der Waals surface area contributed by atoms with E-state index in [0.717, 1.165) is 34.5 Å². The van der Waals surface area contributed by atoms with Crippen molar-refractivity contribution in [1.29, 1.82) is 0 Å². The zero-order valence-corrected chi connectivity index (χ0v) is 21.0. The summed E-state index contributed by atoms with van der Waals surface area (Å²) in [5.74, 6) is 0.598. The predicted molar refractivity (Wildman–Crippen MR) is 147 cm³/mol. The van der Waals surface area contributed by atoms with Gasteiger partial charge in [0, 0.05) is 31.3 Å². The normalized spacial score (nSPS) is 11.8. The zero-order valence-electron chi connectivity index (χ0n) is 21.0. The van der Waals surface area contributed by atoms with Gasteiger partial charge >= 0.3 is 0 Å². The van der Waals surface area contributed by atoms with Crippen LogP contribution in [0.1, 0.15) is 40.3 Å². The van der Waals surface area contributed by atoms with Gasteiger partial charge in [-0.1, -0.05) is 84.9 Å². The van der Waals surface area contributed by atoms with Crippen molar-refractivity contribution >= 4 is 11.6 Å². The van der Waals surface area contributed by atoms with Crippen LogP contribution >= 0.6 is 0 Å². The van der Waals surface area contributed by atoms with Gasteiger partial charge in [-0.2, -0.15) is 0 Å². The van der Waals surface area contributed by atoms with Crippen molar-refractivity contribution in [2.75, 3.05) is 6.54 Å². The first kappa shape index (κ1) is 24.3. The van der Waals surface area contributed by atoms with E-state index in [9.17, 15) is 4.79 Å². The van der Waals surface area contributed by atoms with Crippen molar-refractivity contribution in [2.24, 2.45) is 0 Å². The minimum atomic E-state index is -0.141. The van der Waals surface area contributed by atoms with Crippen LogP contribution in [0.3, 0.4) is 0 Å². The molecule has 0 aliphatic rings. The van der Waals surface area contributed by atoms with Crippen molar-refractivity contribution in [3.05, 3.63) is 137 Å². The first-order valence-electron chi connectivity index (χ1n) is 12.7. The van der Waals surface area contributed by atoms with E-state index in [1.165, 1.54) is 5.56 Å². The summed E-state index contributed by atoms with van der Waals surface area (Å²) in [6.07, 6.45) is 5.01. The van der Waals surface area contributed by atoms with Crippen LogP contribution in [0.5, 0.6) is 5.75 Å². The standard InChI is InChI=1S/C32H31N3O2/c1-24-11-8-9-16-27(24)28(21-31(36)33-19-18-25-12-4-2-5-13-25)29-22-34-32-30(17-10-20-35(29)32)37-23-26-14-6-3-7-15-26/h2-17,20,22,28H,18-19,21,23H2,1H3,(H,33,36). The fraction of sp³-hybridized carbons (Fsp3) is 0.188. The number of rotatable bonds is 10. The van der Waals surface area contributed by atoms with Crippen LogP contribution in [0.2, 0.25) is 0 Å². The maximum absolute atomic E-state index is 13.1. The number of hydrogen-bond acceptors (Lipinski definition) is 3. The van der Waals surface area contributed by atoms with Gasteiger partial charge in [-0.3, -0.25) is 4.79 Å². The maximum atomic E-state index is 13.1. The summed E-state index contributed by atoms with van der Waals surface area (Å²) < 4.78 is 8.19. The van der Waals surface area contributed by atoms with E-state index < -0.39 is 0 Å². The molecule has 0 saturated carbocycles. The Kier molecular flexibility index (Phi) is 7.60. The number of aromatic nitrogens is 2. The lowest BCUT2D eigenvalue weighted by molar-refractivity contribution is -0.121. The molecule has 1 atom stereocenters. The monoisotopic (exact) mass is 489 g/mol. The van der Waals surface area contributed by atoms with E-state index >= 15 is 0 Å². The first-order valence-corrected chi connectivity index (χ1v) is 12.7. The third-order valence-corrected chi connectivity index (χ3v) is 6.65. The number of fused-ring (bicyclic) bond motifs is 1. The molecule has 0 saturated heterocycles. The fourth-order valence-electron chi connectivity index (χ4n) is 4.71. The van der Waals surface area contributed by atoms with Gasteiger partial charge in [-0.25, -0.2) is 4.98 Å². The first-order chi connectivity index (χ1) is 18.2. The molecule has 0 bridgehead atoms. The van der Waals surface area contributed by atoms with Crippen LogP contribution in [-0.2, 0) is 17.8 Å². The van der Waals surface area contributed by atoms with E-state index in [0.29, 0.717) is 25.3 Å². The zero-order chi connectivity index (χ0) is 25.5. The molecule has 3 aromatic carbocycles. The number of hydrogen-bond donors (Lipinski definition) is 1. The van der Waals surface area contributed by atoms with Crippen molar-refractivity contribution in [3.8, 4) is 5.75 Å². The molecule has 0 spiro atoms. The van der Waals surface area contributed by atoms with Crippen LogP contribution in [0.25, 0.3) is 5.65 Å². The summed E-state index contributed by atoms with van der Waals surface area (Å²) >= 11 is 0. The number of carbonyl (C=O) groups excluding carboxylic acids is 1. The molecule has 0 aliphatic heterocycles. The number of carbonyl (C=O) groups is 1. The Balaban J connectivity index is 1.38. The molecule has 1 amide bonds. The Morgan fingerprint density at radius 2 is 1.59 bits per heavy atom. The molecule has 5 rings (SSSR count). The molecule has 5 nitrogen and oxygen atoms in total. The Bertz CT molecular complexity index is 1460. The van der Waals surface area contributed by atoms with Crippen LogP contribution in [0, 0.1) is 6.92 Å². The summed E-state index contributed by atoms with van der Waals surface area (Å²) in [7, 11) is 0. The van der Waals surface area contributed by atoms with E-state index in [2.05, 4.69) is 40.9 Å². The van der Waals surface area contributed by atoms with Gasteiger partial charge in [-0.15, -0.1) is 0 Å². The molecule has 0 aliphatic carbocycles. The highest BCUT2D eigenvalue weighted by molar-refractivity contribution is 5.77. The Labute approximate surface area is 217 Å². The second kappa shape index (κ2) is 11.6. The van der Waals surface area contributed by atoms with E-state index in [-0.39, 0.29) is 11.8 Å². The average molecular weight is 490 g/mol. The molecule has 5 heteroatoms. The Hall–Kier alpha value is -4.38. The third-order valence-electron chi connectivity index (χ3n) is 6.65. The van der Waals surface area contributed by atoms with Crippen molar-refractivity contribution in [1.82, 2.24) is 14.7 Å². The quantitative estimate of drug-likeness (QED) is 0.258. The van der Waals surface area contributed by atoms with Gasteiger partial charge in [0.15, 0.2) is 11.4 Å². The Morgan fingerprint density at radius 1 is 0.892 bits per heavy atom. The molecule has 2 aromatic heterocycles. The lowest BCUT2D eigenvalue weighted by Gasteiger charge is -2.19. The minimum Gasteiger partial charge on any atom is -0.485 e. The van der Waals surface area contributed by atoms with Gasteiger partial charge in [0.25, 0.3) is 0 Å². The number of pyridine rings is 1. The van der Waals surface area contributed by atoms with Gasteiger partial charge in [0.2, 0.25) is 5.91 Å². The highest BCUT2D eigenvalue weighted by atomic mass is 16.5. The smallest absolute Gasteiger partial charge is 0.221 e. The summed E-state index contributed by atoms with van der Waals surface area (Å²) in [5, 5.41) is 3.12. The summed E-state index contributed by atoms with van der Waals surface area (Å²) in [5.41, 5.74) is 6.29. The van der Waals surface area contributed by atoms with Crippen LogP contribution in [0.15, 0.2) is 109 Å². The maximum Gasteiger partial charge on any atom is 0.221 e. The summed E-state index contributed by atoms with van der Waals surface area (Å²) in [6, 6.07) is 32.5. The molecule has 5 aromatic rings. The molecule has 2 heterocycles. The van der Waals surface area contributed by atoms with Crippen molar-refractivity contribution in [2.45, 2.75) is 32.3 Å². The minimum absolute atomic E-state index is 0.0237. The third kappa shape index (κ3) is 5.89. The van der Waals surface area contributed by atoms with E-state index in [1.807, 2.05) is 85.2 Å². The summed E-state index contributed by atoms with van der Waals surface area (Å²) in [6.45, 7) is 3.16. The van der Waals surface area contributed by atoms with Crippen LogP contribution in [0.4, 0.5) is 0 Å². The van der Waals surface area contributed by atoms with Gasteiger partial charge in [0.05, 0.1) is 5.69 Å². The van der Waals surface area contributed by atoms with Gasteiger partial charge in [0.1, 0.15) is 6.61 Å². The van der Waals surface area contributed by atoms with Crippen molar-refractivity contribution in [3.63, 3.8) is 0 Å². The number of benzene rings is 3. The number of nitrogens with one attached hydrogen (secondary N) is 1. The lowest BCUT2D eigenvalue weighted by atomic mass is 9.89. The molecule has 37 heavy (non-hydrogen) atoms. The molecule has 186 valence electrons. The lowest BCUT2D eigenvalue weighted by Crippen LogP contribution is -2.27. The number of amides is 1. The Morgan fingerprint density at radius 3 is 2.35 bits per heavy atom. The predicted octanol–water partition coefficient (Wildman–Crippen LogP) is 6.10. The number of aryl methyl sites for hydroxylation is 1. The van der Waals surface area contributed by atoms with E-state index in [4.69, 9.17) is 9.72 Å². The average Bonchev–Trinajstić information content (AvgIpc) is 3.37. The number of ether oxygens (including phenoxy) is 1. The molecule has 1 unspecified atom stereocenters. The fourth-order valence-corrected chi connectivity index (χ4v) is 4.71. The van der Waals surface area contributed by atoms with E-state index in [1.54, 1.807) is 0 Å². The highest BCUT2D eigenvalue weighted by Gasteiger charge is 2.24. The largest absolute Gasteiger partial charge is 0.485 e. The highest BCUT2D eigenvalue weighted by Crippen LogP contribution is 2.32. The second-order valence-corrected chi connectivity index (χ2v) is 9.22. The number of nitrogens with zero attached hydrogens (tertiary/aromatic N) is 2. The van der Waals surface area contributed by atoms with Crippen LogP contribution in [-0.4, -0.2) is 21.8 Å². The summed E-state index contributed by atoms with van der Waals surface area (Å²) in [4.78, 5) is 17.8. The van der Waals surface area contributed by atoms with Gasteiger partial charge in [-0.05, 0) is 47.7 Å². The molecule has 0 radical (unpaired) electrons.